The summed E-state index contributed by atoms with van der Waals surface area (Å²) in [6, 6.07) is 11.2. The van der Waals surface area contributed by atoms with Crippen molar-refractivity contribution >= 4 is 11.6 Å². The van der Waals surface area contributed by atoms with Gasteiger partial charge in [-0.25, -0.2) is 0 Å². The van der Waals surface area contributed by atoms with E-state index in [1.54, 1.807) is 0 Å². The molecule has 1 fully saturated rings. The van der Waals surface area contributed by atoms with Crippen LogP contribution in [0.15, 0.2) is 42.5 Å². The summed E-state index contributed by atoms with van der Waals surface area (Å²) < 4.78 is 0. The molecule has 1 aliphatic carbocycles. The minimum Gasteiger partial charge on any atom is -0.378 e. The lowest BCUT2D eigenvalue weighted by molar-refractivity contribution is 0.0792. The van der Waals surface area contributed by atoms with Crippen LogP contribution in [0.2, 0.25) is 0 Å². The molecule has 3 unspecified atom stereocenters. The number of anilines is 1. The third-order valence-electron chi connectivity index (χ3n) is 7.05. The van der Waals surface area contributed by atoms with Crippen LogP contribution in [0.3, 0.4) is 0 Å². The number of allylic oxidation sites excluding steroid dienone is 2. The molecular formula is C26H30N2O. The van der Waals surface area contributed by atoms with Gasteiger partial charge >= 0.3 is 0 Å². The number of amides is 1. The first-order chi connectivity index (χ1) is 14.0. The van der Waals surface area contributed by atoms with Crippen molar-refractivity contribution in [2.75, 3.05) is 18.4 Å². The fourth-order valence-electron chi connectivity index (χ4n) is 5.80. The Morgan fingerprint density at radius 1 is 1.03 bits per heavy atom. The van der Waals surface area contributed by atoms with E-state index >= 15 is 0 Å². The molecule has 2 heterocycles. The van der Waals surface area contributed by atoms with Crippen molar-refractivity contribution in [2.45, 2.75) is 52.0 Å². The molecule has 0 radical (unpaired) electrons. The average Bonchev–Trinajstić information content (AvgIpc) is 3.38. The summed E-state index contributed by atoms with van der Waals surface area (Å²) in [7, 11) is 0. The largest absolute Gasteiger partial charge is 0.378 e. The maximum absolute atomic E-state index is 12.9. The molecule has 3 nitrogen and oxygen atoms in total. The number of nitrogens with one attached hydrogen (secondary N) is 1. The van der Waals surface area contributed by atoms with Gasteiger partial charge in [0.05, 0.1) is 6.04 Å². The monoisotopic (exact) mass is 386 g/mol. The van der Waals surface area contributed by atoms with Crippen molar-refractivity contribution in [3.8, 4) is 0 Å². The number of benzene rings is 2. The Morgan fingerprint density at radius 2 is 1.76 bits per heavy atom. The summed E-state index contributed by atoms with van der Waals surface area (Å²) in [5.74, 6) is 1.07. The first-order valence-corrected chi connectivity index (χ1v) is 11.0. The van der Waals surface area contributed by atoms with Gasteiger partial charge in [-0.15, -0.1) is 0 Å². The van der Waals surface area contributed by atoms with E-state index in [-0.39, 0.29) is 5.91 Å². The molecule has 29 heavy (non-hydrogen) atoms. The Morgan fingerprint density at radius 3 is 2.48 bits per heavy atom. The predicted molar refractivity (Wildman–Crippen MR) is 119 cm³/mol. The molecule has 1 N–H and O–H groups in total. The summed E-state index contributed by atoms with van der Waals surface area (Å²) in [5, 5.41) is 3.86. The maximum Gasteiger partial charge on any atom is 0.253 e. The highest BCUT2D eigenvalue weighted by Crippen LogP contribution is 2.51. The first-order valence-electron chi connectivity index (χ1n) is 11.0. The number of hydrogen-bond donors (Lipinski definition) is 1. The van der Waals surface area contributed by atoms with Gasteiger partial charge in [0.15, 0.2) is 0 Å². The van der Waals surface area contributed by atoms with Gasteiger partial charge < -0.3 is 10.2 Å². The fourth-order valence-corrected chi connectivity index (χ4v) is 5.80. The molecule has 0 aromatic heterocycles. The topological polar surface area (TPSA) is 32.3 Å². The number of likely N-dealkylation sites (tertiary alicyclic amines) is 1. The third kappa shape index (κ3) is 3.08. The molecule has 1 amide bonds. The number of hydrogen-bond acceptors (Lipinski definition) is 2. The molecule has 3 heteroatoms. The zero-order valence-electron chi connectivity index (χ0n) is 17.7. The molecule has 0 bridgehead atoms. The van der Waals surface area contributed by atoms with Gasteiger partial charge in [-0.1, -0.05) is 29.8 Å². The van der Waals surface area contributed by atoms with E-state index in [4.69, 9.17) is 0 Å². The highest BCUT2D eigenvalue weighted by molar-refractivity contribution is 5.95. The number of carbonyl (C=O) groups excluding carboxylic acids is 1. The lowest BCUT2D eigenvalue weighted by Crippen LogP contribution is -2.31. The van der Waals surface area contributed by atoms with Crippen LogP contribution in [0.4, 0.5) is 5.69 Å². The maximum atomic E-state index is 12.9. The van der Waals surface area contributed by atoms with Gasteiger partial charge in [0.2, 0.25) is 0 Å². The number of fused-ring (bicyclic) bond motifs is 3. The van der Waals surface area contributed by atoms with Crippen molar-refractivity contribution < 1.29 is 4.79 Å². The minimum atomic E-state index is 0.191. The van der Waals surface area contributed by atoms with E-state index < -0.39 is 0 Å². The van der Waals surface area contributed by atoms with Crippen LogP contribution >= 0.6 is 0 Å². The second-order valence-electron chi connectivity index (χ2n) is 9.09. The molecule has 3 atom stereocenters. The fraction of sp³-hybridized carbons (Fsp3) is 0.423. The highest BCUT2D eigenvalue weighted by atomic mass is 16.2. The minimum absolute atomic E-state index is 0.191. The first kappa shape index (κ1) is 18.5. The lowest BCUT2D eigenvalue weighted by Gasteiger charge is -2.39. The van der Waals surface area contributed by atoms with Crippen LogP contribution in [-0.4, -0.2) is 23.9 Å². The summed E-state index contributed by atoms with van der Waals surface area (Å²) in [5.41, 5.74) is 8.81. The second-order valence-corrected chi connectivity index (χ2v) is 9.09. The van der Waals surface area contributed by atoms with Crippen molar-refractivity contribution in [3.63, 3.8) is 0 Å². The summed E-state index contributed by atoms with van der Waals surface area (Å²) in [6.07, 6.45) is 8.03. The van der Waals surface area contributed by atoms with Crippen molar-refractivity contribution in [3.05, 3.63) is 75.9 Å². The van der Waals surface area contributed by atoms with E-state index in [1.165, 1.54) is 33.5 Å². The van der Waals surface area contributed by atoms with Crippen LogP contribution in [0.5, 0.6) is 0 Å². The molecule has 2 aromatic carbocycles. The number of rotatable bonds is 2. The number of carbonyl (C=O) groups is 1. The predicted octanol–water partition coefficient (Wildman–Crippen LogP) is 5.67. The van der Waals surface area contributed by atoms with Crippen LogP contribution in [0, 0.1) is 26.7 Å². The quantitative estimate of drug-likeness (QED) is 0.674. The van der Waals surface area contributed by atoms with E-state index in [2.05, 4.69) is 62.5 Å². The van der Waals surface area contributed by atoms with Crippen LogP contribution in [0.25, 0.3) is 0 Å². The van der Waals surface area contributed by atoms with E-state index in [0.29, 0.717) is 17.9 Å². The Labute approximate surface area is 173 Å². The van der Waals surface area contributed by atoms with Gasteiger partial charge in [0.25, 0.3) is 5.91 Å². The molecule has 2 aromatic rings. The normalized spacial score (nSPS) is 24.9. The Kier molecular flexibility index (Phi) is 4.49. The number of aryl methyl sites for hydroxylation is 3. The van der Waals surface area contributed by atoms with E-state index in [1.807, 2.05) is 11.0 Å². The zero-order chi connectivity index (χ0) is 20.1. The molecule has 0 spiro atoms. The van der Waals surface area contributed by atoms with Crippen LogP contribution in [0.1, 0.15) is 69.4 Å². The van der Waals surface area contributed by atoms with Gasteiger partial charge in [0, 0.05) is 30.3 Å². The summed E-state index contributed by atoms with van der Waals surface area (Å²) in [6.45, 7) is 8.44. The Bertz CT molecular complexity index is 977. The van der Waals surface area contributed by atoms with Gasteiger partial charge in [-0.2, -0.15) is 0 Å². The molecule has 2 aliphatic heterocycles. The third-order valence-corrected chi connectivity index (χ3v) is 7.05. The van der Waals surface area contributed by atoms with Crippen molar-refractivity contribution in [1.82, 2.24) is 4.90 Å². The molecule has 150 valence electrons. The summed E-state index contributed by atoms with van der Waals surface area (Å²) >= 11 is 0. The smallest absolute Gasteiger partial charge is 0.253 e. The SMILES string of the molecule is Cc1cc(C)c(C2Nc3ccc(C(=O)N4CCCC4)cc3C3C=CCC32)c(C)c1. The van der Waals surface area contributed by atoms with Crippen molar-refractivity contribution in [2.24, 2.45) is 5.92 Å². The lowest BCUT2D eigenvalue weighted by atomic mass is 9.74. The molecule has 1 saturated heterocycles. The second kappa shape index (κ2) is 7.05. The Balaban J connectivity index is 1.53. The molecule has 3 aliphatic rings. The average molecular weight is 387 g/mol. The van der Waals surface area contributed by atoms with Crippen LogP contribution < -0.4 is 5.32 Å². The zero-order valence-corrected chi connectivity index (χ0v) is 17.7. The number of nitrogens with zero attached hydrogens (tertiary/aromatic N) is 1. The summed E-state index contributed by atoms with van der Waals surface area (Å²) in [4.78, 5) is 14.9. The van der Waals surface area contributed by atoms with Crippen molar-refractivity contribution in [1.29, 1.82) is 0 Å². The highest BCUT2D eigenvalue weighted by Gasteiger charge is 2.39. The Hall–Kier alpha value is -2.55. The van der Waals surface area contributed by atoms with E-state index in [9.17, 15) is 4.79 Å². The molecule has 5 rings (SSSR count). The van der Waals surface area contributed by atoms with Crippen LogP contribution in [-0.2, 0) is 0 Å². The van der Waals surface area contributed by atoms with E-state index in [0.717, 1.165) is 37.9 Å². The molecule has 0 saturated carbocycles. The van der Waals surface area contributed by atoms with Gasteiger partial charge in [-0.3, -0.25) is 4.79 Å². The molecular weight excluding hydrogens is 356 g/mol. The standard InChI is InChI=1S/C26H30N2O/c1-16-13-17(2)24(18(3)14-16)25-21-8-6-7-20(21)22-15-19(9-10-23(22)27-25)26(29)28-11-4-5-12-28/h6-7,9-10,13-15,20-21,25,27H,4-5,8,11-12H2,1-3H3. The van der Waals surface area contributed by atoms with Gasteiger partial charge in [-0.05, 0) is 86.4 Å². The van der Waals surface area contributed by atoms with Gasteiger partial charge in [0.1, 0.15) is 0 Å².